The summed E-state index contributed by atoms with van der Waals surface area (Å²) in [6.07, 6.45) is 8.79. The molecule has 0 aromatic carbocycles. The van der Waals surface area contributed by atoms with Gasteiger partial charge < -0.3 is 19.5 Å². The number of hydrogen-bond acceptors (Lipinski definition) is 5. The van der Waals surface area contributed by atoms with E-state index in [4.69, 9.17) is 17.0 Å². The number of thiocarbonyl (C=S) groups is 1. The third kappa shape index (κ3) is 5.08. The van der Waals surface area contributed by atoms with Gasteiger partial charge in [-0.15, -0.1) is 0 Å². The summed E-state index contributed by atoms with van der Waals surface area (Å²) in [5.41, 5.74) is 3.42. The van der Waals surface area contributed by atoms with Gasteiger partial charge in [0, 0.05) is 63.2 Å². The SMILES string of the molecule is S=C1N[C@H](c2ccccn2)[C@@H](c2cccn2Cc2cccnc2)N1CCCN1CCOCC1. The predicted molar refractivity (Wildman–Crippen MR) is 132 cm³/mol. The number of aromatic nitrogens is 3. The summed E-state index contributed by atoms with van der Waals surface area (Å²) < 4.78 is 7.80. The predicted octanol–water partition coefficient (Wildman–Crippen LogP) is 3.02. The van der Waals surface area contributed by atoms with Crippen LogP contribution in [0.1, 0.15) is 35.5 Å². The second-order valence-corrected chi connectivity index (χ2v) is 8.94. The average Bonchev–Trinajstić information content (AvgIpc) is 3.44. The van der Waals surface area contributed by atoms with Gasteiger partial charge in [0.15, 0.2) is 5.11 Å². The Morgan fingerprint density at radius 3 is 2.73 bits per heavy atom. The molecule has 2 saturated heterocycles. The second kappa shape index (κ2) is 10.4. The first-order chi connectivity index (χ1) is 16.3. The van der Waals surface area contributed by atoms with E-state index >= 15 is 0 Å². The van der Waals surface area contributed by atoms with Crippen LogP contribution in [0.2, 0.25) is 0 Å². The van der Waals surface area contributed by atoms with Crippen molar-refractivity contribution in [2.45, 2.75) is 25.0 Å². The number of nitrogens with zero attached hydrogens (tertiary/aromatic N) is 5. The monoisotopic (exact) mass is 462 g/mol. The molecule has 0 spiro atoms. The first-order valence-corrected chi connectivity index (χ1v) is 12.0. The molecule has 5 heterocycles. The summed E-state index contributed by atoms with van der Waals surface area (Å²) in [4.78, 5) is 13.8. The molecule has 8 heteroatoms. The summed E-state index contributed by atoms with van der Waals surface area (Å²) in [5, 5.41) is 4.37. The van der Waals surface area contributed by atoms with Crippen molar-refractivity contribution in [3.05, 3.63) is 84.2 Å². The highest BCUT2D eigenvalue weighted by atomic mass is 32.1. The molecule has 0 bridgehead atoms. The summed E-state index contributed by atoms with van der Waals surface area (Å²) in [5.74, 6) is 0. The molecule has 0 aliphatic carbocycles. The summed E-state index contributed by atoms with van der Waals surface area (Å²) >= 11 is 5.85. The number of ether oxygens (including phenoxy) is 1. The van der Waals surface area contributed by atoms with Crippen molar-refractivity contribution in [1.29, 1.82) is 0 Å². The van der Waals surface area contributed by atoms with Gasteiger partial charge in [-0.3, -0.25) is 14.9 Å². The topological polar surface area (TPSA) is 58.5 Å². The molecule has 0 amide bonds. The third-order valence-corrected chi connectivity index (χ3v) is 6.77. The highest BCUT2D eigenvalue weighted by molar-refractivity contribution is 7.80. The summed E-state index contributed by atoms with van der Waals surface area (Å²) in [6, 6.07) is 14.6. The van der Waals surface area contributed by atoms with Crippen LogP contribution in [0.5, 0.6) is 0 Å². The zero-order valence-corrected chi connectivity index (χ0v) is 19.5. The molecule has 2 aliphatic rings. The van der Waals surface area contributed by atoms with Crippen molar-refractivity contribution in [2.24, 2.45) is 0 Å². The maximum absolute atomic E-state index is 5.85. The van der Waals surface area contributed by atoms with Crippen molar-refractivity contribution in [2.75, 3.05) is 39.4 Å². The van der Waals surface area contributed by atoms with Crippen LogP contribution in [-0.2, 0) is 11.3 Å². The molecule has 0 radical (unpaired) electrons. The van der Waals surface area contributed by atoms with Crippen LogP contribution in [0.3, 0.4) is 0 Å². The van der Waals surface area contributed by atoms with E-state index in [-0.39, 0.29) is 12.1 Å². The van der Waals surface area contributed by atoms with Gasteiger partial charge in [-0.2, -0.15) is 0 Å². The molecule has 7 nitrogen and oxygen atoms in total. The Morgan fingerprint density at radius 1 is 1.03 bits per heavy atom. The number of pyridine rings is 2. The Labute approximate surface area is 200 Å². The first-order valence-electron chi connectivity index (χ1n) is 11.6. The molecule has 33 heavy (non-hydrogen) atoms. The molecule has 5 rings (SSSR count). The van der Waals surface area contributed by atoms with Gasteiger partial charge in [0.25, 0.3) is 0 Å². The van der Waals surface area contributed by atoms with Crippen LogP contribution in [-0.4, -0.2) is 68.8 Å². The van der Waals surface area contributed by atoms with Crippen LogP contribution in [0.25, 0.3) is 0 Å². The van der Waals surface area contributed by atoms with Crippen molar-refractivity contribution in [3.8, 4) is 0 Å². The van der Waals surface area contributed by atoms with Gasteiger partial charge in [0.1, 0.15) is 0 Å². The molecule has 1 N–H and O–H groups in total. The zero-order chi connectivity index (χ0) is 22.5. The van der Waals surface area contributed by atoms with Gasteiger partial charge in [0.05, 0.1) is 31.0 Å². The fourth-order valence-electron chi connectivity index (χ4n) is 4.79. The standard InChI is InChI=1S/C25H30N6OS/c33-25-28-23(21-7-1-2-10-27-21)24(31(25)13-5-11-29-14-16-32-17-15-29)22-8-4-12-30(22)19-20-6-3-9-26-18-20/h1-4,6-10,12,18,23-24H,5,11,13-17,19H2,(H,28,33)/t23-,24-/m1/s1. The maximum atomic E-state index is 5.85. The van der Waals surface area contributed by atoms with Crippen LogP contribution in [0, 0.1) is 0 Å². The fourth-order valence-corrected chi connectivity index (χ4v) is 5.12. The smallest absolute Gasteiger partial charge is 0.170 e. The Bertz CT molecular complexity index is 1040. The largest absolute Gasteiger partial charge is 0.379 e. The summed E-state index contributed by atoms with van der Waals surface area (Å²) in [7, 11) is 0. The molecule has 3 aromatic heterocycles. The van der Waals surface area contributed by atoms with E-state index in [2.05, 4.69) is 60.1 Å². The molecular formula is C25H30N6OS. The van der Waals surface area contributed by atoms with E-state index < -0.39 is 0 Å². The van der Waals surface area contributed by atoms with Crippen LogP contribution in [0.15, 0.2) is 67.3 Å². The van der Waals surface area contributed by atoms with E-state index in [9.17, 15) is 0 Å². The zero-order valence-electron chi connectivity index (χ0n) is 18.7. The Hall–Kier alpha value is -2.81. The number of hydrogen-bond donors (Lipinski definition) is 1. The van der Waals surface area contributed by atoms with Crippen molar-refractivity contribution in [1.82, 2.24) is 29.7 Å². The number of morpholine rings is 1. The molecule has 2 aliphatic heterocycles. The molecule has 2 atom stereocenters. The van der Waals surface area contributed by atoms with Crippen molar-refractivity contribution in [3.63, 3.8) is 0 Å². The van der Waals surface area contributed by atoms with E-state index in [0.29, 0.717) is 0 Å². The fraction of sp³-hybridized carbons (Fsp3) is 0.400. The van der Waals surface area contributed by atoms with Crippen LogP contribution in [0.4, 0.5) is 0 Å². The Balaban J connectivity index is 1.39. The first kappa shape index (κ1) is 22.0. The number of rotatable bonds is 8. The van der Waals surface area contributed by atoms with Gasteiger partial charge in [-0.05, 0) is 54.5 Å². The lowest BCUT2D eigenvalue weighted by atomic mass is 10.0. The van der Waals surface area contributed by atoms with E-state index in [0.717, 1.165) is 63.2 Å². The van der Waals surface area contributed by atoms with Gasteiger partial charge in [-0.25, -0.2) is 0 Å². The van der Waals surface area contributed by atoms with Gasteiger partial charge in [-0.1, -0.05) is 12.1 Å². The molecule has 0 unspecified atom stereocenters. The highest BCUT2D eigenvalue weighted by Crippen LogP contribution is 2.39. The Kier molecular flexibility index (Phi) is 6.95. The average molecular weight is 463 g/mol. The quantitative estimate of drug-likeness (QED) is 0.517. The van der Waals surface area contributed by atoms with Crippen LogP contribution < -0.4 is 5.32 Å². The summed E-state index contributed by atoms with van der Waals surface area (Å²) in [6.45, 7) is 6.41. The lowest BCUT2D eigenvalue weighted by Gasteiger charge is -2.31. The highest BCUT2D eigenvalue weighted by Gasteiger charge is 2.40. The lowest BCUT2D eigenvalue weighted by molar-refractivity contribution is 0.0365. The minimum Gasteiger partial charge on any atom is -0.379 e. The van der Waals surface area contributed by atoms with Gasteiger partial charge in [0.2, 0.25) is 0 Å². The molecule has 3 aromatic rings. The minimum absolute atomic E-state index is 0.00429. The third-order valence-electron chi connectivity index (χ3n) is 6.42. The number of nitrogens with one attached hydrogen (secondary N) is 1. The van der Waals surface area contributed by atoms with E-state index in [1.54, 1.807) is 0 Å². The van der Waals surface area contributed by atoms with Crippen molar-refractivity contribution < 1.29 is 4.74 Å². The van der Waals surface area contributed by atoms with E-state index in [1.165, 1.54) is 11.3 Å². The second-order valence-electron chi connectivity index (χ2n) is 8.55. The molecular weight excluding hydrogens is 432 g/mol. The molecule has 0 saturated carbocycles. The minimum atomic E-state index is 0.00429. The normalized spacial score (nSPS) is 21.3. The van der Waals surface area contributed by atoms with E-state index in [1.807, 2.05) is 36.8 Å². The maximum Gasteiger partial charge on any atom is 0.170 e. The van der Waals surface area contributed by atoms with Crippen molar-refractivity contribution >= 4 is 17.3 Å². The molecule has 172 valence electrons. The lowest BCUT2D eigenvalue weighted by Crippen LogP contribution is -2.39. The molecule has 2 fully saturated rings. The Morgan fingerprint density at radius 2 is 1.94 bits per heavy atom. The van der Waals surface area contributed by atoms with Crippen LogP contribution >= 0.6 is 12.2 Å². The van der Waals surface area contributed by atoms with Gasteiger partial charge >= 0.3 is 0 Å².